The Morgan fingerprint density at radius 3 is 2.92 bits per heavy atom. The van der Waals surface area contributed by atoms with Gasteiger partial charge in [0.25, 0.3) is 0 Å². The van der Waals surface area contributed by atoms with Crippen LogP contribution < -0.4 is 0 Å². The van der Waals surface area contributed by atoms with E-state index in [0.29, 0.717) is 12.4 Å². The molecule has 0 aromatic rings. The fourth-order valence-corrected chi connectivity index (χ4v) is 1.87. The molecule has 0 spiro atoms. The van der Waals surface area contributed by atoms with Crippen molar-refractivity contribution in [3.05, 3.63) is 0 Å². The zero-order valence-corrected chi connectivity index (χ0v) is 9.26. The number of rotatable bonds is 2. The van der Waals surface area contributed by atoms with Crippen molar-refractivity contribution in [3.8, 4) is 0 Å². The van der Waals surface area contributed by atoms with Crippen LogP contribution in [-0.2, 0) is 9.53 Å². The lowest BCUT2D eigenvalue weighted by atomic mass is 10.2. The van der Waals surface area contributed by atoms with Crippen LogP contribution in [0.15, 0.2) is 0 Å². The van der Waals surface area contributed by atoms with Crippen molar-refractivity contribution in [2.24, 2.45) is 0 Å². The smallest absolute Gasteiger partial charge is 0.232 e. The summed E-state index contributed by atoms with van der Waals surface area (Å²) in [7, 11) is 0. The largest absolute Gasteiger partial charge is 0.375 e. The third kappa shape index (κ3) is 2.88. The first-order valence-corrected chi connectivity index (χ1v) is 5.94. The number of morpholine rings is 1. The van der Waals surface area contributed by atoms with Gasteiger partial charge in [0.1, 0.15) is 0 Å². The van der Waals surface area contributed by atoms with Gasteiger partial charge in [-0.15, -0.1) is 0 Å². The summed E-state index contributed by atoms with van der Waals surface area (Å²) in [5.41, 5.74) is 0. The molecular formula is C9H17NO2S. The third-order valence-electron chi connectivity index (χ3n) is 2.20. The minimum atomic E-state index is 0.182. The molecule has 4 heteroatoms. The fraction of sp³-hybridized carbons (Fsp3) is 0.889. The van der Waals surface area contributed by atoms with Gasteiger partial charge in [-0.25, -0.2) is 0 Å². The number of carbonyl (C=O) groups is 1. The minimum Gasteiger partial charge on any atom is -0.375 e. The van der Waals surface area contributed by atoms with Crippen LogP contribution in [0, 0.1) is 0 Å². The van der Waals surface area contributed by atoms with Gasteiger partial charge in [0.2, 0.25) is 5.91 Å². The first-order valence-electron chi connectivity index (χ1n) is 4.55. The zero-order valence-electron chi connectivity index (χ0n) is 8.45. The molecule has 1 heterocycles. The van der Waals surface area contributed by atoms with Crippen LogP contribution in [0.1, 0.15) is 13.8 Å². The Labute approximate surface area is 83.8 Å². The summed E-state index contributed by atoms with van der Waals surface area (Å²) in [6.45, 7) is 5.44. The molecule has 76 valence electrons. The topological polar surface area (TPSA) is 29.5 Å². The molecule has 13 heavy (non-hydrogen) atoms. The number of ether oxygens (including phenoxy) is 1. The molecule has 0 unspecified atom stereocenters. The van der Waals surface area contributed by atoms with E-state index in [-0.39, 0.29) is 18.1 Å². The van der Waals surface area contributed by atoms with Crippen molar-refractivity contribution in [1.29, 1.82) is 0 Å². The summed E-state index contributed by atoms with van der Waals surface area (Å²) in [6.07, 6.45) is 2.13. The average molecular weight is 203 g/mol. The van der Waals surface area contributed by atoms with E-state index in [1.165, 1.54) is 0 Å². The normalized spacial score (nSPS) is 29.0. The number of carbonyl (C=O) groups excluding carboxylic acids is 1. The van der Waals surface area contributed by atoms with E-state index in [1.54, 1.807) is 11.8 Å². The van der Waals surface area contributed by atoms with Crippen LogP contribution in [0.3, 0.4) is 0 Å². The molecule has 0 saturated carbocycles. The first-order chi connectivity index (χ1) is 6.15. The van der Waals surface area contributed by atoms with Gasteiger partial charge in [0.15, 0.2) is 0 Å². The lowest BCUT2D eigenvalue weighted by Crippen LogP contribution is -2.50. The van der Waals surface area contributed by atoms with E-state index in [2.05, 4.69) is 0 Å². The van der Waals surface area contributed by atoms with Gasteiger partial charge < -0.3 is 9.64 Å². The maximum atomic E-state index is 11.6. The number of thioether (sulfide) groups is 1. The van der Waals surface area contributed by atoms with Crippen molar-refractivity contribution >= 4 is 17.7 Å². The summed E-state index contributed by atoms with van der Waals surface area (Å²) in [4.78, 5) is 13.5. The van der Waals surface area contributed by atoms with Crippen LogP contribution in [0.4, 0.5) is 0 Å². The predicted octanol–water partition coefficient (Wildman–Crippen LogP) is 0.985. The van der Waals surface area contributed by atoms with E-state index in [4.69, 9.17) is 4.74 Å². The van der Waals surface area contributed by atoms with Gasteiger partial charge in [0.05, 0.1) is 24.5 Å². The molecule has 1 fully saturated rings. The molecule has 0 aliphatic carbocycles. The van der Waals surface area contributed by atoms with E-state index >= 15 is 0 Å². The van der Waals surface area contributed by atoms with Crippen LogP contribution in [-0.4, -0.2) is 48.1 Å². The Morgan fingerprint density at radius 1 is 1.62 bits per heavy atom. The second kappa shape index (κ2) is 4.86. The van der Waals surface area contributed by atoms with Crippen LogP contribution in [0.25, 0.3) is 0 Å². The number of amides is 1. The molecule has 0 N–H and O–H groups in total. The monoisotopic (exact) mass is 203 g/mol. The zero-order chi connectivity index (χ0) is 9.84. The van der Waals surface area contributed by atoms with Crippen LogP contribution in [0.5, 0.6) is 0 Å². The molecule has 1 aliphatic rings. The van der Waals surface area contributed by atoms with Crippen molar-refractivity contribution in [2.45, 2.75) is 26.0 Å². The van der Waals surface area contributed by atoms with Gasteiger partial charge in [-0.1, -0.05) is 0 Å². The Kier molecular flexibility index (Phi) is 4.06. The van der Waals surface area contributed by atoms with Gasteiger partial charge in [-0.3, -0.25) is 4.79 Å². The number of nitrogens with zero attached hydrogens (tertiary/aromatic N) is 1. The second-order valence-electron chi connectivity index (χ2n) is 3.47. The Balaban J connectivity index is 2.50. The summed E-state index contributed by atoms with van der Waals surface area (Å²) in [6, 6.07) is 0.232. The Bertz CT molecular complexity index is 186. The van der Waals surface area contributed by atoms with Gasteiger partial charge in [-0.2, -0.15) is 11.8 Å². The number of hydrogen-bond donors (Lipinski definition) is 0. The summed E-state index contributed by atoms with van der Waals surface area (Å²) in [5, 5.41) is 0. The molecule has 2 atom stereocenters. The minimum absolute atomic E-state index is 0.182. The number of hydrogen-bond acceptors (Lipinski definition) is 3. The van der Waals surface area contributed by atoms with Gasteiger partial charge in [-0.05, 0) is 20.1 Å². The summed E-state index contributed by atoms with van der Waals surface area (Å²) in [5.74, 6) is 0.812. The highest BCUT2D eigenvalue weighted by Gasteiger charge is 2.26. The predicted molar refractivity (Wildman–Crippen MR) is 55.0 cm³/mol. The Morgan fingerprint density at radius 2 is 2.31 bits per heavy atom. The maximum absolute atomic E-state index is 11.6. The van der Waals surface area contributed by atoms with Crippen LogP contribution in [0.2, 0.25) is 0 Å². The van der Waals surface area contributed by atoms with E-state index in [1.807, 2.05) is 25.0 Å². The molecular weight excluding hydrogens is 186 g/mol. The molecule has 1 aliphatic heterocycles. The van der Waals surface area contributed by atoms with E-state index in [9.17, 15) is 4.79 Å². The summed E-state index contributed by atoms with van der Waals surface area (Å²) >= 11 is 1.57. The molecule has 1 rings (SSSR count). The molecule has 0 radical (unpaired) electrons. The van der Waals surface area contributed by atoms with Crippen molar-refractivity contribution in [1.82, 2.24) is 4.90 Å². The van der Waals surface area contributed by atoms with Crippen molar-refractivity contribution in [3.63, 3.8) is 0 Å². The van der Waals surface area contributed by atoms with Gasteiger partial charge >= 0.3 is 0 Å². The molecule has 1 saturated heterocycles. The van der Waals surface area contributed by atoms with E-state index < -0.39 is 0 Å². The highest BCUT2D eigenvalue weighted by molar-refractivity contribution is 7.99. The quantitative estimate of drug-likeness (QED) is 0.670. The van der Waals surface area contributed by atoms with Crippen molar-refractivity contribution < 1.29 is 9.53 Å². The molecule has 0 aromatic carbocycles. The fourth-order valence-electron chi connectivity index (χ4n) is 1.46. The second-order valence-corrected chi connectivity index (χ2v) is 4.34. The Hall–Kier alpha value is -0.220. The SMILES string of the molecule is CSCC(=O)N1C[C@@H](C)OC[C@H]1C. The van der Waals surface area contributed by atoms with Gasteiger partial charge in [0, 0.05) is 6.54 Å². The van der Waals surface area contributed by atoms with Crippen molar-refractivity contribution in [2.75, 3.05) is 25.2 Å². The highest BCUT2D eigenvalue weighted by atomic mass is 32.2. The molecule has 3 nitrogen and oxygen atoms in total. The molecule has 0 bridgehead atoms. The van der Waals surface area contributed by atoms with Crippen LogP contribution >= 0.6 is 11.8 Å². The molecule has 1 amide bonds. The molecule has 0 aromatic heterocycles. The lowest BCUT2D eigenvalue weighted by molar-refractivity contribution is -0.140. The standard InChI is InChI=1S/C9H17NO2S/c1-7-5-12-8(2)4-10(7)9(11)6-13-3/h7-8H,4-6H2,1-3H3/t7-,8-/m1/s1. The third-order valence-corrected chi connectivity index (χ3v) is 2.73. The van der Waals surface area contributed by atoms with E-state index in [0.717, 1.165) is 6.54 Å². The maximum Gasteiger partial charge on any atom is 0.232 e. The lowest BCUT2D eigenvalue weighted by Gasteiger charge is -2.36. The average Bonchev–Trinajstić information content (AvgIpc) is 2.09. The first kappa shape index (κ1) is 10.9. The summed E-state index contributed by atoms with van der Waals surface area (Å²) < 4.78 is 5.45. The highest BCUT2D eigenvalue weighted by Crippen LogP contribution is 2.12.